The van der Waals surface area contributed by atoms with Crippen molar-refractivity contribution < 1.29 is 24.2 Å². The number of aliphatic hydroxyl groups is 1. The third-order valence-corrected chi connectivity index (χ3v) is 7.50. The van der Waals surface area contributed by atoms with Crippen molar-refractivity contribution in [2.75, 3.05) is 39.4 Å². The Labute approximate surface area is 208 Å². The number of carbonyl (C=O) groups excluding carboxylic acids is 2. The largest absolute Gasteiger partial charge is 0.389 e. The SMILES string of the molecule is CCCNC(=O)N1C[C@H](O)COC[C@@H]2O[C@@H](CC(=O)N3CCC(Cc4ccccc4)CC3)CC[C@H]21. The van der Waals surface area contributed by atoms with Crippen LogP contribution in [0.5, 0.6) is 0 Å². The lowest BCUT2D eigenvalue weighted by atomic mass is 9.90. The fraction of sp³-hybridized carbons (Fsp3) is 0.704. The van der Waals surface area contributed by atoms with Crippen LogP contribution < -0.4 is 5.32 Å². The van der Waals surface area contributed by atoms with Gasteiger partial charge in [0.05, 0.1) is 44.4 Å². The highest BCUT2D eigenvalue weighted by Crippen LogP contribution is 2.29. The normalized spacial score (nSPS) is 28.1. The van der Waals surface area contributed by atoms with Crippen LogP contribution in [-0.2, 0) is 20.7 Å². The zero-order chi connectivity index (χ0) is 24.6. The molecule has 1 aromatic rings. The second kappa shape index (κ2) is 12.7. The van der Waals surface area contributed by atoms with Gasteiger partial charge in [-0.05, 0) is 50.0 Å². The molecule has 0 radical (unpaired) electrons. The van der Waals surface area contributed by atoms with Gasteiger partial charge in [0, 0.05) is 19.6 Å². The zero-order valence-electron chi connectivity index (χ0n) is 20.9. The van der Waals surface area contributed by atoms with Crippen LogP contribution in [0.3, 0.4) is 0 Å². The number of nitrogens with zero attached hydrogens (tertiary/aromatic N) is 2. The Morgan fingerprint density at radius 1 is 1.09 bits per heavy atom. The van der Waals surface area contributed by atoms with E-state index in [2.05, 4.69) is 29.6 Å². The summed E-state index contributed by atoms with van der Waals surface area (Å²) in [4.78, 5) is 29.5. The van der Waals surface area contributed by atoms with Gasteiger partial charge in [0.25, 0.3) is 0 Å². The number of amides is 3. The van der Waals surface area contributed by atoms with E-state index in [1.807, 2.05) is 17.9 Å². The maximum absolute atomic E-state index is 13.1. The van der Waals surface area contributed by atoms with Gasteiger partial charge in [0.2, 0.25) is 5.91 Å². The summed E-state index contributed by atoms with van der Waals surface area (Å²) in [5.74, 6) is 0.784. The number of piperidine rings is 1. The molecule has 2 N–H and O–H groups in total. The van der Waals surface area contributed by atoms with Crippen LogP contribution in [0.4, 0.5) is 4.79 Å². The number of urea groups is 1. The summed E-state index contributed by atoms with van der Waals surface area (Å²) in [6.45, 7) is 4.93. The highest BCUT2D eigenvalue weighted by atomic mass is 16.5. The molecular formula is C27H41N3O5. The maximum atomic E-state index is 13.1. The van der Waals surface area contributed by atoms with Gasteiger partial charge in [0.1, 0.15) is 6.10 Å². The van der Waals surface area contributed by atoms with Gasteiger partial charge < -0.3 is 29.7 Å². The number of benzene rings is 1. The average molecular weight is 488 g/mol. The molecule has 0 spiro atoms. The lowest BCUT2D eigenvalue weighted by Gasteiger charge is -2.44. The lowest BCUT2D eigenvalue weighted by molar-refractivity contribution is -0.155. The first-order valence-electron chi connectivity index (χ1n) is 13.3. The number of hydrogen-bond donors (Lipinski definition) is 2. The van der Waals surface area contributed by atoms with E-state index in [1.54, 1.807) is 4.90 Å². The molecule has 0 aliphatic carbocycles. The van der Waals surface area contributed by atoms with Crippen molar-refractivity contribution in [2.24, 2.45) is 5.92 Å². The van der Waals surface area contributed by atoms with Crippen LogP contribution in [-0.4, -0.2) is 90.6 Å². The Morgan fingerprint density at radius 2 is 1.86 bits per heavy atom. The fourth-order valence-electron chi connectivity index (χ4n) is 5.57. The van der Waals surface area contributed by atoms with Crippen LogP contribution >= 0.6 is 0 Å². The Morgan fingerprint density at radius 3 is 2.60 bits per heavy atom. The minimum absolute atomic E-state index is 0.159. The van der Waals surface area contributed by atoms with Crippen molar-refractivity contribution in [1.29, 1.82) is 0 Å². The van der Waals surface area contributed by atoms with E-state index >= 15 is 0 Å². The molecule has 194 valence electrons. The summed E-state index contributed by atoms with van der Waals surface area (Å²) in [6.07, 6.45) is 4.64. The quantitative estimate of drug-likeness (QED) is 0.644. The number of rotatable bonds is 6. The highest BCUT2D eigenvalue weighted by Gasteiger charge is 2.40. The minimum atomic E-state index is -0.715. The Bertz CT molecular complexity index is 814. The molecule has 4 atom stereocenters. The van der Waals surface area contributed by atoms with E-state index in [9.17, 15) is 14.7 Å². The predicted molar refractivity (Wildman–Crippen MR) is 133 cm³/mol. The monoisotopic (exact) mass is 487 g/mol. The molecule has 8 nitrogen and oxygen atoms in total. The fourth-order valence-corrected chi connectivity index (χ4v) is 5.57. The first-order valence-corrected chi connectivity index (χ1v) is 13.3. The number of ether oxygens (including phenoxy) is 2. The van der Waals surface area contributed by atoms with E-state index < -0.39 is 6.10 Å². The summed E-state index contributed by atoms with van der Waals surface area (Å²) in [7, 11) is 0. The van der Waals surface area contributed by atoms with Crippen molar-refractivity contribution in [3.8, 4) is 0 Å². The number of likely N-dealkylation sites (tertiary alicyclic amines) is 1. The Kier molecular flexibility index (Phi) is 9.40. The predicted octanol–water partition coefficient (Wildman–Crippen LogP) is 2.59. The van der Waals surface area contributed by atoms with E-state index in [-0.39, 0.29) is 43.3 Å². The molecule has 4 rings (SSSR count). The van der Waals surface area contributed by atoms with Crippen LogP contribution in [0, 0.1) is 5.92 Å². The van der Waals surface area contributed by atoms with Crippen molar-refractivity contribution in [1.82, 2.24) is 15.1 Å². The molecule has 3 heterocycles. The first kappa shape index (κ1) is 25.9. The third kappa shape index (κ3) is 7.18. The molecule has 0 bridgehead atoms. The molecule has 3 saturated heterocycles. The second-order valence-corrected chi connectivity index (χ2v) is 10.2. The molecule has 3 fully saturated rings. The van der Waals surface area contributed by atoms with E-state index in [1.165, 1.54) is 5.56 Å². The zero-order valence-corrected chi connectivity index (χ0v) is 20.9. The van der Waals surface area contributed by atoms with Gasteiger partial charge in [-0.3, -0.25) is 4.79 Å². The first-order chi connectivity index (χ1) is 17.0. The lowest BCUT2D eigenvalue weighted by Crippen LogP contribution is -2.59. The number of β-amino-alcohol motifs (C(OH)–C–C–N with tert-alkyl or cyclic N) is 1. The smallest absolute Gasteiger partial charge is 0.317 e. The van der Waals surface area contributed by atoms with Gasteiger partial charge in [-0.15, -0.1) is 0 Å². The summed E-state index contributed by atoms with van der Waals surface area (Å²) in [5.41, 5.74) is 1.37. The van der Waals surface area contributed by atoms with E-state index in [4.69, 9.17) is 9.47 Å². The van der Waals surface area contributed by atoms with Crippen LogP contribution in [0.2, 0.25) is 0 Å². The molecule has 3 aliphatic heterocycles. The Balaban J connectivity index is 1.27. The van der Waals surface area contributed by atoms with Crippen molar-refractivity contribution in [3.05, 3.63) is 35.9 Å². The second-order valence-electron chi connectivity index (χ2n) is 10.2. The summed E-state index contributed by atoms with van der Waals surface area (Å²) in [6, 6.07) is 10.2. The van der Waals surface area contributed by atoms with Crippen LogP contribution in [0.25, 0.3) is 0 Å². The molecular weight excluding hydrogens is 446 g/mol. The average Bonchev–Trinajstić information content (AvgIpc) is 2.86. The van der Waals surface area contributed by atoms with Crippen LogP contribution in [0.1, 0.15) is 51.0 Å². The van der Waals surface area contributed by atoms with Gasteiger partial charge >= 0.3 is 6.03 Å². The number of hydrogen-bond acceptors (Lipinski definition) is 5. The van der Waals surface area contributed by atoms with Gasteiger partial charge in [0.15, 0.2) is 0 Å². The maximum Gasteiger partial charge on any atom is 0.317 e. The van der Waals surface area contributed by atoms with Crippen molar-refractivity contribution >= 4 is 11.9 Å². The number of carbonyl (C=O) groups is 2. The summed E-state index contributed by atoms with van der Waals surface area (Å²) >= 11 is 0. The molecule has 3 amide bonds. The molecule has 0 unspecified atom stereocenters. The molecule has 8 heteroatoms. The number of nitrogens with one attached hydrogen (secondary N) is 1. The van der Waals surface area contributed by atoms with Crippen molar-refractivity contribution in [2.45, 2.75) is 76.2 Å². The molecule has 35 heavy (non-hydrogen) atoms. The number of fused-ring (bicyclic) bond motifs is 1. The van der Waals surface area contributed by atoms with Gasteiger partial charge in [-0.1, -0.05) is 37.3 Å². The summed E-state index contributed by atoms with van der Waals surface area (Å²) in [5, 5.41) is 13.2. The third-order valence-electron chi connectivity index (χ3n) is 7.50. The molecule has 1 aromatic carbocycles. The van der Waals surface area contributed by atoms with Crippen molar-refractivity contribution in [3.63, 3.8) is 0 Å². The van der Waals surface area contributed by atoms with E-state index in [0.717, 1.165) is 45.2 Å². The van der Waals surface area contributed by atoms with Gasteiger partial charge in [-0.2, -0.15) is 0 Å². The minimum Gasteiger partial charge on any atom is -0.389 e. The molecule has 3 aliphatic rings. The molecule has 0 saturated carbocycles. The molecule has 0 aromatic heterocycles. The summed E-state index contributed by atoms with van der Waals surface area (Å²) < 4.78 is 12.0. The Hall–Kier alpha value is -2.16. The van der Waals surface area contributed by atoms with E-state index in [0.29, 0.717) is 31.9 Å². The highest BCUT2D eigenvalue weighted by molar-refractivity contribution is 5.77. The number of aliphatic hydroxyl groups excluding tert-OH is 1. The van der Waals surface area contributed by atoms with Gasteiger partial charge in [-0.25, -0.2) is 4.79 Å². The van der Waals surface area contributed by atoms with Crippen LogP contribution in [0.15, 0.2) is 30.3 Å². The topological polar surface area (TPSA) is 91.3 Å². The standard InChI is InChI=1S/C27H41N3O5/c1-2-12-28-27(33)30-17-22(31)18-34-19-25-24(30)9-8-23(35-25)16-26(32)29-13-10-21(11-14-29)15-20-6-4-3-5-7-20/h3-7,21-25,31H,2,8-19H2,1H3,(H,28,33)/t22-,23+,24+,25-/m0/s1.